The fourth-order valence-corrected chi connectivity index (χ4v) is 3.64. The Hall–Kier alpha value is -3.89. The smallest absolute Gasteiger partial charge is 0.339 e. The van der Waals surface area contributed by atoms with Crippen LogP contribution in [0, 0.1) is 18.3 Å². The SMILES string of the molecule is COc1cc(C=CC(=O)c2ccc(C#N)cc2)ccc1OS(=O)(=O)c1ccc(C)cc1. The fourth-order valence-electron chi connectivity index (χ4n) is 2.71. The Morgan fingerprint density at radius 3 is 2.26 bits per heavy atom. The van der Waals surface area contributed by atoms with E-state index in [1.807, 2.05) is 13.0 Å². The number of ether oxygens (including phenoxy) is 1. The molecule has 0 atom stereocenters. The molecular formula is C24H19NO5S. The van der Waals surface area contributed by atoms with Crippen LogP contribution < -0.4 is 8.92 Å². The van der Waals surface area contributed by atoms with Gasteiger partial charge in [0.15, 0.2) is 17.3 Å². The summed E-state index contributed by atoms with van der Waals surface area (Å²) < 4.78 is 35.6. The number of hydrogen-bond donors (Lipinski definition) is 0. The lowest BCUT2D eigenvalue weighted by Gasteiger charge is -2.11. The Balaban J connectivity index is 1.79. The zero-order chi connectivity index (χ0) is 22.4. The molecule has 0 N–H and O–H groups in total. The normalized spacial score (nSPS) is 11.1. The number of carbonyl (C=O) groups is 1. The van der Waals surface area contributed by atoms with Gasteiger partial charge in [-0.1, -0.05) is 29.8 Å². The summed E-state index contributed by atoms with van der Waals surface area (Å²) in [7, 11) is -2.62. The summed E-state index contributed by atoms with van der Waals surface area (Å²) in [5.41, 5.74) is 2.48. The Morgan fingerprint density at radius 1 is 0.968 bits per heavy atom. The van der Waals surface area contributed by atoms with Gasteiger partial charge in [0.25, 0.3) is 0 Å². The predicted molar refractivity (Wildman–Crippen MR) is 117 cm³/mol. The number of nitriles is 1. The zero-order valence-electron chi connectivity index (χ0n) is 16.9. The minimum absolute atomic E-state index is 0.0390. The van der Waals surface area contributed by atoms with Crippen molar-refractivity contribution in [2.24, 2.45) is 0 Å². The van der Waals surface area contributed by atoms with Crippen LogP contribution in [0.4, 0.5) is 0 Å². The highest BCUT2D eigenvalue weighted by molar-refractivity contribution is 7.87. The Bertz CT molecular complexity index is 1270. The molecule has 156 valence electrons. The van der Waals surface area contributed by atoms with E-state index >= 15 is 0 Å². The average molecular weight is 433 g/mol. The number of methoxy groups -OCH3 is 1. The number of rotatable bonds is 7. The Labute approximate surface area is 181 Å². The summed E-state index contributed by atoms with van der Waals surface area (Å²) in [5.74, 6) is 0.0213. The van der Waals surface area contributed by atoms with Crippen molar-refractivity contribution >= 4 is 22.0 Å². The van der Waals surface area contributed by atoms with Gasteiger partial charge in [-0.25, -0.2) is 0 Å². The standard InChI is InChI=1S/C24H19NO5S/c1-17-3-11-21(12-4-17)31(27,28)30-23-14-8-18(15-24(23)29-2)7-13-22(26)20-9-5-19(16-25)6-10-20/h3-15H,1-2H3. The highest BCUT2D eigenvalue weighted by Crippen LogP contribution is 2.31. The van der Waals surface area contributed by atoms with E-state index in [1.54, 1.807) is 54.6 Å². The van der Waals surface area contributed by atoms with E-state index in [-0.39, 0.29) is 22.2 Å². The molecule has 0 unspecified atom stereocenters. The first-order valence-electron chi connectivity index (χ1n) is 9.24. The van der Waals surface area contributed by atoms with Crippen LogP contribution in [0.5, 0.6) is 11.5 Å². The molecule has 0 bridgehead atoms. The van der Waals surface area contributed by atoms with Gasteiger partial charge in [0, 0.05) is 5.56 Å². The molecule has 6 nitrogen and oxygen atoms in total. The molecule has 0 amide bonds. The molecule has 0 saturated heterocycles. The Morgan fingerprint density at radius 2 is 1.65 bits per heavy atom. The van der Waals surface area contributed by atoms with E-state index in [1.165, 1.54) is 31.4 Å². The van der Waals surface area contributed by atoms with E-state index in [4.69, 9.17) is 14.2 Å². The molecule has 0 spiro atoms. The molecule has 0 heterocycles. The zero-order valence-corrected chi connectivity index (χ0v) is 17.7. The van der Waals surface area contributed by atoms with Gasteiger partial charge in [0.2, 0.25) is 0 Å². The van der Waals surface area contributed by atoms with Crippen molar-refractivity contribution in [3.63, 3.8) is 0 Å². The van der Waals surface area contributed by atoms with Gasteiger partial charge in [-0.15, -0.1) is 0 Å². The van der Waals surface area contributed by atoms with Gasteiger partial charge in [-0.3, -0.25) is 4.79 Å². The third kappa shape index (κ3) is 5.38. The van der Waals surface area contributed by atoms with Crippen molar-refractivity contribution in [3.8, 4) is 17.6 Å². The van der Waals surface area contributed by atoms with Gasteiger partial charge in [0.05, 0.1) is 18.7 Å². The topological polar surface area (TPSA) is 93.5 Å². The minimum atomic E-state index is -4.02. The van der Waals surface area contributed by atoms with Crippen molar-refractivity contribution in [2.75, 3.05) is 7.11 Å². The third-order valence-electron chi connectivity index (χ3n) is 4.42. The first-order valence-corrected chi connectivity index (χ1v) is 10.6. The maximum Gasteiger partial charge on any atom is 0.339 e. The summed E-state index contributed by atoms with van der Waals surface area (Å²) in [6.07, 6.45) is 2.97. The molecule has 3 rings (SSSR count). The molecule has 0 saturated carbocycles. The minimum Gasteiger partial charge on any atom is -0.493 e. The molecular weight excluding hydrogens is 414 g/mol. The first-order chi connectivity index (χ1) is 14.8. The summed E-state index contributed by atoms with van der Waals surface area (Å²) >= 11 is 0. The van der Waals surface area contributed by atoms with Gasteiger partial charge >= 0.3 is 10.1 Å². The van der Waals surface area contributed by atoms with Crippen LogP contribution in [-0.4, -0.2) is 21.3 Å². The molecule has 0 radical (unpaired) electrons. The second-order valence-corrected chi connectivity index (χ2v) is 8.19. The number of hydrogen-bond acceptors (Lipinski definition) is 6. The number of ketones is 1. The van der Waals surface area contributed by atoms with Crippen LogP contribution >= 0.6 is 0 Å². The maximum atomic E-state index is 12.5. The number of aryl methyl sites for hydroxylation is 1. The molecule has 3 aromatic rings. The maximum absolute atomic E-state index is 12.5. The number of nitrogens with zero attached hydrogens (tertiary/aromatic N) is 1. The van der Waals surface area contributed by atoms with Crippen molar-refractivity contribution in [1.82, 2.24) is 0 Å². The summed E-state index contributed by atoms with van der Waals surface area (Å²) in [4.78, 5) is 12.3. The highest BCUT2D eigenvalue weighted by atomic mass is 32.2. The average Bonchev–Trinajstić information content (AvgIpc) is 2.78. The molecule has 0 aliphatic rings. The van der Waals surface area contributed by atoms with Gasteiger partial charge < -0.3 is 8.92 Å². The summed E-state index contributed by atoms with van der Waals surface area (Å²) in [6.45, 7) is 1.86. The quantitative estimate of drug-likeness (QED) is 0.309. The van der Waals surface area contributed by atoms with Crippen LogP contribution in [0.15, 0.2) is 77.7 Å². The lowest BCUT2D eigenvalue weighted by Crippen LogP contribution is -2.10. The Kier molecular flexibility index (Phi) is 6.53. The van der Waals surface area contributed by atoms with Crippen LogP contribution in [0.1, 0.15) is 27.0 Å². The van der Waals surface area contributed by atoms with Gasteiger partial charge in [-0.2, -0.15) is 13.7 Å². The third-order valence-corrected chi connectivity index (χ3v) is 5.67. The van der Waals surface area contributed by atoms with Crippen molar-refractivity contribution in [1.29, 1.82) is 5.26 Å². The second-order valence-electron chi connectivity index (χ2n) is 6.65. The first kappa shape index (κ1) is 21.8. The molecule has 0 aliphatic heterocycles. The van der Waals surface area contributed by atoms with Crippen LogP contribution in [0.2, 0.25) is 0 Å². The van der Waals surface area contributed by atoms with Crippen molar-refractivity contribution in [2.45, 2.75) is 11.8 Å². The van der Waals surface area contributed by atoms with Crippen LogP contribution in [0.3, 0.4) is 0 Å². The molecule has 0 fully saturated rings. The fraction of sp³-hybridized carbons (Fsp3) is 0.0833. The van der Waals surface area contributed by atoms with E-state index in [2.05, 4.69) is 0 Å². The van der Waals surface area contributed by atoms with E-state index in [0.29, 0.717) is 16.7 Å². The van der Waals surface area contributed by atoms with Crippen LogP contribution in [0.25, 0.3) is 6.08 Å². The summed E-state index contributed by atoms with van der Waals surface area (Å²) in [5, 5.41) is 8.83. The van der Waals surface area contributed by atoms with E-state index in [0.717, 1.165) is 5.56 Å². The second kappa shape index (κ2) is 9.28. The highest BCUT2D eigenvalue weighted by Gasteiger charge is 2.19. The molecule has 0 aromatic heterocycles. The van der Waals surface area contributed by atoms with E-state index < -0.39 is 10.1 Å². The van der Waals surface area contributed by atoms with Gasteiger partial charge in [-0.05, 0) is 67.1 Å². The monoisotopic (exact) mass is 433 g/mol. The molecule has 7 heteroatoms. The largest absolute Gasteiger partial charge is 0.493 e. The van der Waals surface area contributed by atoms with Crippen molar-refractivity contribution in [3.05, 3.63) is 95.1 Å². The summed E-state index contributed by atoms with van der Waals surface area (Å²) in [6, 6.07) is 19.3. The lowest BCUT2D eigenvalue weighted by molar-refractivity contribution is 0.104. The number of benzene rings is 3. The number of carbonyl (C=O) groups excluding carboxylic acids is 1. The predicted octanol–water partition coefficient (Wildman–Crippen LogP) is 4.54. The van der Waals surface area contributed by atoms with Crippen molar-refractivity contribution < 1.29 is 22.1 Å². The van der Waals surface area contributed by atoms with Gasteiger partial charge in [0.1, 0.15) is 4.90 Å². The molecule has 3 aromatic carbocycles. The molecule has 31 heavy (non-hydrogen) atoms. The molecule has 0 aliphatic carbocycles. The van der Waals surface area contributed by atoms with Crippen LogP contribution in [-0.2, 0) is 10.1 Å². The lowest BCUT2D eigenvalue weighted by atomic mass is 10.1. The van der Waals surface area contributed by atoms with E-state index in [9.17, 15) is 13.2 Å². The number of allylic oxidation sites excluding steroid dienone is 1.